The fraction of sp³-hybridized carbons (Fsp3) is 0.0833. The predicted octanol–water partition coefficient (Wildman–Crippen LogP) is 3.50. The molecule has 0 bridgehead atoms. The molecular weight excluding hydrogens is 209 g/mol. The van der Waals surface area contributed by atoms with Crippen molar-refractivity contribution in [2.45, 2.75) is 10.1 Å². The topological polar surface area (TPSA) is 12.4 Å². The first-order valence-electron chi connectivity index (χ1n) is 4.72. The number of allylic oxidation sites excluding steroid dienone is 3. The van der Waals surface area contributed by atoms with Gasteiger partial charge in [-0.1, -0.05) is 18.2 Å². The second-order valence-electron chi connectivity index (χ2n) is 3.43. The molecule has 0 fully saturated rings. The van der Waals surface area contributed by atoms with Crippen LogP contribution >= 0.6 is 11.8 Å². The van der Waals surface area contributed by atoms with Crippen molar-refractivity contribution in [2.75, 3.05) is 0 Å². The lowest BCUT2D eigenvalue weighted by atomic mass is 10.1. The molecule has 3 rings (SSSR count). The Kier molecular flexibility index (Phi) is 1.99. The third-order valence-electron chi connectivity index (χ3n) is 2.38. The summed E-state index contributed by atoms with van der Waals surface area (Å²) in [6, 6.07) is 4.76. The maximum Gasteiger partial charge on any atom is 0.125 e. The first-order valence-corrected chi connectivity index (χ1v) is 5.60. The van der Waals surface area contributed by atoms with Gasteiger partial charge in [0.05, 0.1) is 16.6 Å². The van der Waals surface area contributed by atoms with Gasteiger partial charge >= 0.3 is 0 Å². The highest BCUT2D eigenvalue weighted by Crippen LogP contribution is 2.39. The molecule has 3 heteroatoms. The Bertz CT molecular complexity index is 502. The summed E-state index contributed by atoms with van der Waals surface area (Å²) >= 11 is 1.71. The minimum atomic E-state index is -0.229. The average molecular weight is 217 g/mol. The number of hydrogen-bond acceptors (Lipinski definition) is 2. The number of rotatable bonds is 0. The summed E-state index contributed by atoms with van der Waals surface area (Å²) in [5, 5.41) is 0.285. The molecule has 0 amide bonds. The van der Waals surface area contributed by atoms with Gasteiger partial charge in [-0.3, -0.25) is 4.99 Å². The van der Waals surface area contributed by atoms with E-state index in [-0.39, 0.29) is 11.1 Å². The van der Waals surface area contributed by atoms with Crippen LogP contribution in [0.25, 0.3) is 0 Å². The molecule has 0 saturated carbocycles. The normalized spacial score (nSPS) is 21.9. The third-order valence-corrected chi connectivity index (χ3v) is 3.63. The van der Waals surface area contributed by atoms with Gasteiger partial charge in [-0.15, -0.1) is 11.8 Å². The molecule has 2 aliphatic rings. The number of hydrogen-bond donors (Lipinski definition) is 0. The van der Waals surface area contributed by atoms with Crippen LogP contribution < -0.4 is 0 Å². The fourth-order valence-electron chi connectivity index (χ4n) is 1.67. The molecule has 1 aromatic rings. The van der Waals surface area contributed by atoms with Crippen LogP contribution in [-0.4, -0.2) is 11.0 Å². The molecule has 0 N–H and O–H groups in total. The molecule has 0 radical (unpaired) electrons. The van der Waals surface area contributed by atoms with Crippen molar-refractivity contribution in [3.05, 3.63) is 48.3 Å². The Balaban J connectivity index is 2.12. The van der Waals surface area contributed by atoms with Gasteiger partial charge in [0.15, 0.2) is 0 Å². The number of benzene rings is 1. The van der Waals surface area contributed by atoms with E-state index in [0.29, 0.717) is 0 Å². The van der Waals surface area contributed by atoms with E-state index < -0.39 is 0 Å². The SMILES string of the molecule is Fc1ccc2c(c1)N=C1C=CC=CC1S2. The van der Waals surface area contributed by atoms with Crippen molar-refractivity contribution in [3.8, 4) is 0 Å². The van der Waals surface area contributed by atoms with Gasteiger partial charge < -0.3 is 0 Å². The van der Waals surface area contributed by atoms with E-state index in [4.69, 9.17) is 0 Å². The van der Waals surface area contributed by atoms with E-state index >= 15 is 0 Å². The highest BCUT2D eigenvalue weighted by atomic mass is 32.2. The van der Waals surface area contributed by atoms with Crippen LogP contribution in [0.5, 0.6) is 0 Å². The van der Waals surface area contributed by atoms with Crippen molar-refractivity contribution in [1.82, 2.24) is 0 Å². The Hall–Kier alpha value is -1.35. The smallest absolute Gasteiger partial charge is 0.125 e. The fourth-order valence-corrected chi connectivity index (χ4v) is 2.73. The van der Waals surface area contributed by atoms with E-state index in [2.05, 4.69) is 11.1 Å². The quantitative estimate of drug-likeness (QED) is 0.648. The van der Waals surface area contributed by atoms with Gasteiger partial charge in [-0.2, -0.15) is 0 Å². The summed E-state index contributed by atoms with van der Waals surface area (Å²) in [6.07, 6.45) is 8.06. The van der Waals surface area contributed by atoms with Crippen LogP contribution in [-0.2, 0) is 0 Å². The first kappa shape index (κ1) is 8.92. The molecule has 0 spiro atoms. The summed E-state index contributed by atoms with van der Waals surface area (Å²) in [6.45, 7) is 0. The average Bonchev–Trinajstić information content (AvgIpc) is 2.26. The molecule has 15 heavy (non-hydrogen) atoms. The standard InChI is InChI=1S/C12H8FNS/c13-8-5-6-12-10(7-8)14-9-3-1-2-4-11(9)15-12/h1-7,11H. The number of thioether (sulfide) groups is 1. The predicted molar refractivity (Wildman–Crippen MR) is 61.4 cm³/mol. The zero-order valence-corrected chi connectivity index (χ0v) is 8.67. The molecule has 0 saturated heterocycles. The van der Waals surface area contributed by atoms with Crippen molar-refractivity contribution < 1.29 is 4.39 Å². The van der Waals surface area contributed by atoms with Crippen molar-refractivity contribution in [1.29, 1.82) is 0 Å². The number of fused-ring (bicyclic) bond motifs is 2. The lowest BCUT2D eigenvalue weighted by molar-refractivity contribution is 0.627. The lowest BCUT2D eigenvalue weighted by Gasteiger charge is -2.21. The first-order chi connectivity index (χ1) is 7.33. The zero-order valence-electron chi connectivity index (χ0n) is 7.85. The maximum absolute atomic E-state index is 13.0. The van der Waals surface area contributed by atoms with Gasteiger partial charge in [-0.05, 0) is 18.2 Å². The summed E-state index contributed by atoms with van der Waals surface area (Å²) in [5.74, 6) is -0.229. The van der Waals surface area contributed by atoms with Crippen molar-refractivity contribution in [3.63, 3.8) is 0 Å². The van der Waals surface area contributed by atoms with Crippen LogP contribution in [0.1, 0.15) is 0 Å². The summed E-state index contributed by atoms with van der Waals surface area (Å²) in [4.78, 5) is 5.49. The largest absolute Gasteiger partial charge is 0.251 e. The van der Waals surface area contributed by atoms with Crippen molar-refractivity contribution >= 4 is 23.2 Å². The van der Waals surface area contributed by atoms with Crippen LogP contribution in [0.15, 0.2) is 52.4 Å². The highest BCUT2D eigenvalue weighted by Gasteiger charge is 2.21. The molecule has 1 nitrogen and oxygen atoms in total. The maximum atomic E-state index is 13.0. The molecular formula is C12H8FNS. The molecule has 1 aliphatic carbocycles. The third kappa shape index (κ3) is 1.53. The minimum absolute atomic E-state index is 0.229. The molecule has 1 unspecified atom stereocenters. The molecule has 0 aromatic heterocycles. The minimum Gasteiger partial charge on any atom is -0.251 e. The second kappa shape index (κ2) is 3.35. The molecule has 1 aromatic carbocycles. The van der Waals surface area contributed by atoms with Crippen LogP contribution in [0.2, 0.25) is 0 Å². The van der Waals surface area contributed by atoms with E-state index in [1.165, 1.54) is 12.1 Å². The van der Waals surface area contributed by atoms with E-state index in [9.17, 15) is 4.39 Å². The lowest BCUT2D eigenvalue weighted by Crippen LogP contribution is -2.16. The second-order valence-corrected chi connectivity index (χ2v) is 4.61. The Morgan fingerprint density at radius 2 is 2.20 bits per heavy atom. The Labute approximate surface area is 91.4 Å². The van der Waals surface area contributed by atoms with Crippen LogP contribution in [0, 0.1) is 5.82 Å². The van der Waals surface area contributed by atoms with Gasteiger partial charge in [0.1, 0.15) is 5.82 Å². The Morgan fingerprint density at radius 3 is 3.13 bits per heavy atom. The Morgan fingerprint density at radius 1 is 1.27 bits per heavy atom. The summed E-state index contributed by atoms with van der Waals surface area (Å²) < 4.78 is 13.0. The molecule has 1 aliphatic heterocycles. The molecule has 1 atom stereocenters. The van der Waals surface area contributed by atoms with E-state index in [1.54, 1.807) is 17.8 Å². The monoisotopic (exact) mass is 217 g/mol. The number of aliphatic imine (C=N–C) groups is 1. The van der Waals surface area contributed by atoms with Crippen LogP contribution in [0.3, 0.4) is 0 Å². The van der Waals surface area contributed by atoms with Gasteiger partial charge in [0.25, 0.3) is 0 Å². The number of halogens is 1. The van der Waals surface area contributed by atoms with Gasteiger partial charge in [-0.25, -0.2) is 4.39 Å². The number of nitrogens with zero attached hydrogens (tertiary/aromatic N) is 1. The van der Waals surface area contributed by atoms with E-state index in [1.807, 2.05) is 18.2 Å². The molecule has 74 valence electrons. The molecule has 1 heterocycles. The zero-order chi connectivity index (χ0) is 10.3. The van der Waals surface area contributed by atoms with Gasteiger partial charge in [0, 0.05) is 11.0 Å². The van der Waals surface area contributed by atoms with Gasteiger partial charge in [0.2, 0.25) is 0 Å². The van der Waals surface area contributed by atoms with E-state index in [0.717, 1.165) is 16.3 Å². The van der Waals surface area contributed by atoms with Crippen molar-refractivity contribution in [2.24, 2.45) is 4.99 Å². The summed E-state index contributed by atoms with van der Waals surface area (Å²) in [5.41, 5.74) is 1.74. The highest BCUT2D eigenvalue weighted by molar-refractivity contribution is 8.01. The summed E-state index contributed by atoms with van der Waals surface area (Å²) in [7, 11) is 0. The van der Waals surface area contributed by atoms with Crippen LogP contribution in [0.4, 0.5) is 10.1 Å².